The van der Waals surface area contributed by atoms with Gasteiger partial charge in [-0.3, -0.25) is 0 Å². The molecule has 0 bridgehead atoms. The van der Waals surface area contributed by atoms with E-state index in [1.54, 1.807) is 0 Å². The SMILES string of the molecule is C[C@H](O)c1c2ccccc2c2ccc3cccc4ccc1c2c43. The lowest BCUT2D eigenvalue weighted by atomic mass is 9.86. The van der Waals surface area contributed by atoms with Gasteiger partial charge in [-0.2, -0.15) is 0 Å². The first-order valence-corrected chi connectivity index (χ1v) is 8.02. The Morgan fingerprint density at radius 3 is 1.96 bits per heavy atom. The average molecular weight is 296 g/mol. The van der Waals surface area contributed by atoms with Gasteiger partial charge in [-0.25, -0.2) is 0 Å². The van der Waals surface area contributed by atoms with Crippen molar-refractivity contribution in [2.24, 2.45) is 0 Å². The largest absolute Gasteiger partial charge is 0.389 e. The first-order valence-electron chi connectivity index (χ1n) is 8.02. The fourth-order valence-electron chi connectivity index (χ4n) is 4.08. The van der Waals surface area contributed by atoms with Gasteiger partial charge in [-0.15, -0.1) is 0 Å². The quantitative estimate of drug-likeness (QED) is 0.306. The molecule has 0 aliphatic rings. The number of aliphatic hydroxyl groups is 1. The summed E-state index contributed by atoms with van der Waals surface area (Å²) in [5.74, 6) is 0. The molecule has 0 fully saturated rings. The number of benzene rings is 5. The standard InChI is InChI=1S/C22H16O/c1-13(23)20-17-8-3-2-7-16(17)18-11-9-14-5-4-6-15-10-12-19(20)22(18)21(14)15/h2-13,23H,1H3/t13-/m0/s1. The number of aliphatic hydroxyl groups excluding tert-OH is 1. The minimum atomic E-state index is -0.496. The summed E-state index contributed by atoms with van der Waals surface area (Å²) in [6.07, 6.45) is -0.496. The molecule has 23 heavy (non-hydrogen) atoms. The molecule has 0 radical (unpaired) electrons. The maximum atomic E-state index is 10.5. The van der Waals surface area contributed by atoms with Crippen LogP contribution in [0.25, 0.3) is 43.1 Å². The fourth-order valence-corrected chi connectivity index (χ4v) is 4.08. The maximum absolute atomic E-state index is 10.5. The molecule has 5 rings (SSSR count). The Morgan fingerprint density at radius 2 is 1.26 bits per heavy atom. The second-order valence-electron chi connectivity index (χ2n) is 6.32. The number of hydrogen-bond acceptors (Lipinski definition) is 1. The molecule has 1 N–H and O–H groups in total. The van der Waals surface area contributed by atoms with Gasteiger partial charge < -0.3 is 5.11 Å². The minimum absolute atomic E-state index is 0.496. The lowest BCUT2D eigenvalue weighted by Gasteiger charge is -2.19. The average Bonchev–Trinajstić information content (AvgIpc) is 2.58. The predicted octanol–water partition coefficient (Wildman–Crippen LogP) is 5.79. The normalized spacial score (nSPS) is 13.5. The third kappa shape index (κ3) is 1.60. The van der Waals surface area contributed by atoms with E-state index in [9.17, 15) is 5.11 Å². The summed E-state index contributed by atoms with van der Waals surface area (Å²) in [6.45, 7) is 1.86. The smallest absolute Gasteiger partial charge is 0.0773 e. The minimum Gasteiger partial charge on any atom is -0.389 e. The van der Waals surface area contributed by atoms with E-state index >= 15 is 0 Å². The van der Waals surface area contributed by atoms with Gasteiger partial charge in [0.15, 0.2) is 0 Å². The highest BCUT2D eigenvalue weighted by Gasteiger charge is 2.17. The Kier molecular flexibility index (Phi) is 2.48. The Labute approximate surface area is 134 Å². The van der Waals surface area contributed by atoms with Crippen molar-refractivity contribution in [1.82, 2.24) is 0 Å². The zero-order valence-corrected chi connectivity index (χ0v) is 12.9. The van der Waals surface area contributed by atoms with Gasteiger partial charge in [0.2, 0.25) is 0 Å². The third-order valence-corrected chi connectivity index (χ3v) is 4.99. The van der Waals surface area contributed by atoms with Crippen LogP contribution in [0.15, 0.2) is 66.7 Å². The van der Waals surface area contributed by atoms with Crippen LogP contribution >= 0.6 is 0 Å². The van der Waals surface area contributed by atoms with Crippen molar-refractivity contribution >= 4 is 43.1 Å². The van der Waals surface area contributed by atoms with Gasteiger partial charge in [0, 0.05) is 0 Å². The molecule has 0 spiro atoms. The van der Waals surface area contributed by atoms with Crippen molar-refractivity contribution in [3.63, 3.8) is 0 Å². The van der Waals surface area contributed by atoms with E-state index in [0.717, 1.165) is 16.3 Å². The summed E-state index contributed by atoms with van der Waals surface area (Å²) in [5.41, 5.74) is 1.03. The number of rotatable bonds is 1. The Morgan fingerprint density at radius 1 is 0.609 bits per heavy atom. The van der Waals surface area contributed by atoms with Crippen LogP contribution in [0.1, 0.15) is 18.6 Å². The summed E-state index contributed by atoms with van der Waals surface area (Å²) in [7, 11) is 0. The number of hydrogen-bond donors (Lipinski definition) is 1. The fraction of sp³-hybridized carbons (Fsp3) is 0.0909. The molecule has 1 atom stereocenters. The monoisotopic (exact) mass is 296 g/mol. The molecule has 0 heterocycles. The molecule has 0 amide bonds. The van der Waals surface area contributed by atoms with Gasteiger partial charge in [-0.1, -0.05) is 66.7 Å². The molecular weight excluding hydrogens is 280 g/mol. The van der Waals surface area contributed by atoms with Crippen LogP contribution in [-0.2, 0) is 0 Å². The van der Waals surface area contributed by atoms with Gasteiger partial charge in [0.1, 0.15) is 0 Å². The van der Waals surface area contributed by atoms with Gasteiger partial charge in [-0.05, 0) is 55.6 Å². The van der Waals surface area contributed by atoms with E-state index in [0.29, 0.717) is 0 Å². The molecular formula is C22H16O. The molecule has 0 saturated heterocycles. The Hall–Kier alpha value is -2.64. The van der Waals surface area contributed by atoms with E-state index in [1.807, 2.05) is 13.0 Å². The summed E-state index contributed by atoms with van der Waals surface area (Å²) < 4.78 is 0. The van der Waals surface area contributed by atoms with E-state index in [4.69, 9.17) is 0 Å². The highest BCUT2D eigenvalue weighted by atomic mass is 16.3. The van der Waals surface area contributed by atoms with Crippen LogP contribution in [0.5, 0.6) is 0 Å². The molecule has 0 aliphatic carbocycles. The van der Waals surface area contributed by atoms with Gasteiger partial charge in [0.25, 0.3) is 0 Å². The van der Waals surface area contributed by atoms with Crippen LogP contribution in [0.4, 0.5) is 0 Å². The van der Waals surface area contributed by atoms with Crippen molar-refractivity contribution in [2.75, 3.05) is 0 Å². The van der Waals surface area contributed by atoms with Gasteiger partial charge in [0.05, 0.1) is 6.10 Å². The van der Waals surface area contributed by atoms with Crippen molar-refractivity contribution in [1.29, 1.82) is 0 Å². The molecule has 1 heteroatoms. The number of fused-ring (bicyclic) bond motifs is 2. The molecule has 5 aromatic rings. The highest BCUT2D eigenvalue weighted by Crippen LogP contribution is 2.42. The molecule has 1 nitrogen and oxygen atoms in total. The zero-order chi connectivity index (χ0) is 15.6. The summed E-state index contributed by atoms with van der Waals surface area (Å²) in [5, 5.41) is 20.3. The second kappa shape index (κ2) is 4.43. The van der Waals surface area contributed by atoms with Gasteiger partial charge >= 0.3 is 0 Å². The predicted molar refractivity (Wildman–Crippen MR) is 98.3 cm³/mol. The van der Waals surface area contributed by atoms with Crippen LogP contribution < -0.4 is 0 Å². The van der Waals surface area contributed by atoms with Crippen LogP contribution in [0.2, 0.25) is 0 Å². The van der Waals surface area contributed by atoms with Crippen molar-refractivity contribution in [3.8, 4) is 0 Å². The maximum Gasteiger partial charge on any atom is 0.0773 e. The summed E-state index contributed by atoms with van der Waals surface area (Å²) >= 11 is 0. The van der Waals surface area contributed by atoms with Crippen LogP contribution in [-0.4, -0.2) is 5.11 Å². The summed E-state index contributed by atoms with van der Waals surface area (Å²) in [4.78, 5) is 0. The Balaban J connectivity index is 2.21. The van der Waals surface area contributed by atoms with E-state index in [2.05, 4.69) is 60.7 Å². The first kappa shape index (κ1) is 12.9. The molecule has 0 unspecified atom stereocenters. The molecule has 0 saturated carbocycles. The van der Waals surface area contributed by atoms with Crippen molar-refractivity contribution in [3.05, 3.63) is 72.3 Å². The molecule has 5 aromatic carbocycles. The van der Waals surface area contributed by atoms with Crippen molar-refractivity contribution in [2.45, 2.75) is 13.0 Å². The highest BCUT2D eigenvalue weighted by molar-refractivity contribution is 6.30. The van der Waals surface area contributed by atoms with Crippen LogP contribution in [0.3, 0.4) is 0 Å². The Bertz CT molecular complexity index is 1170. The topological polar surface area (TPSA) is 20.2 Å². The molecule has 0 aliphatic heterocycles. The first-order chi connectivity index (χ1) is 11.3. The second-order valence-corrected chi connectivity index (χ2v) is 6.32. The summed E-state index contributed by atoms with van der Waals surface area (Å²) in [6, 6.07) is 23.6. The van der Waals surface area contributed by atoms with Crippen LogP contribution in [0, 0.1) is 0 Å². The lowest BCUT2D eigenvalue weighted by Crippen LogP contribution is -1.97. The molecule has 0 aromatic heterocycles. The lowest BCUT2D eigenvalue weighted by molar-refractivity contribution is 0.202. The zero-order valence-electron chi connectivity index (χ0n) is 12.9. The van der Waals surface area contributed by atoms with E-state index < -0.39 is 6.10 Å². The third-order valence-electron chi connectivity index (χ3n) is 4.99. The van der Waals surface area contributed by atoms with Crippen molar-refractivity contribution < 1.29 is 5.11 Å². The van der Waals surface area contributed by atoms with E-state index in [1.165, 1.54) is 32.3 Å². The van der Waals surface area contributed by atoms with E-state index in [-0.39, 0.29) is 0 Å². The molecule has 110 valence electrons.